The number of hydrogen-bond donors (Lipinski definition) is 1. The van der Waals surface area contributed by atoms with Crippen molar-refractivity contribution < 1.29 is 36.6 Å². The second-order valence-corrected chi connectivity index (χ2v) is 10.4. The summed E-state index contributed by atoms with van der Waals surface area (Å²) in [7, 11) is 0. The van der Waals surface area contributed by atoms with Crippen LogP contribution in [0.2, 0.25) is 5.02 Å². The lowest BCUT2D eigenvalue weighted by atomic mass is 9.85. The van der Waals surface area contributed by atoms with Crippen LogP contribution in [0.15, 0.2) is 54.6 Å². The number of carbonyl (C=O) groups is 2. The first-order valence-electron chi connectivity index (χ1n) is 12.7. The number of anilines is 1. The van der Waals surface area contributed by atoms with Gasteiger partial charge in [0.2, 0.25) is 5.91 Å². The minimum atomic E-state index is -5.02. The van der Waals surface area contributed by atoms with Gasteiger partial charge in [-0.2, -0.15) is 13.2 Å². The van der Waals surface area contributed by atoms with Gasteiger partial charge in [0.05, 0.1) is 27.8 Å². The highest BCUT2D eigenvalue weighted by Gasteiger charge is 2.48. The van der Waals surface area contributed by atoms with Gasteiger partial charge in [0, 0.05) is 29.6 Å². The van der Waals surface area contributed by atoms with Gasteiger partial charge < -0.3 is 5.11 Å². The van der Waals surface area contributed by atoms with E-state index in [4.69, 9.17) is 11.6 Å². The van der Waals surface area contributed by atoms with E-state index in [1.807, 2.05) is 0 Å². The normalized spacial score (nSPS) is 15.2. The number of fused-ring (bicyclic) bond motifs is 1. The Kier molecular flexibility index (Phi) is 7.27. The Labute approximate surface area is 236 Å². The van der Waals surface area contributed by atoms with Crippen LogP contribution in [0.4, 0.5) is 27.6 Å². The van der Waals surface area contributed by atoms with Crippen LogP contribution in [0.1, 0.15) is 54.9 Å². The molecule has 0 saturated heterocycles. The molecule has 0 aliphatic heterocycles. The van der Waals surface area contributed by atoms with Gasteiger partial charge >= 0.3 is 12.1 Å². The lowest BCUT2D eigenvalue weighted by molar-refractivity contribution is -0.137. The number of halogens is 6. The summed E-state index contributed by atoms with van der Waals surface area (Å²) in [5.41, 5.74) is -3.43. The average molecular weight is 592 g/mol. The van der Waals surface area contributed by atoms with Crippen LogP contribution in [0.5, 0.6) is 0 Å². The standard InChI is InChI=1S/C29H23ClF5N3O3/c1-16(39)37(24-10-7-18(27(40)41)13-20(24)29(33,34)35)28(11-3-2-4-12-28)38-25-15-22(32)21(31)14-23(25)36-26(38)17-5-8-19(30)9-6-17/h5-10,13-15H,2-4,11-12H2,1H3,(H,40,41). The smallest absolute Gasteiger partial charge is 0.418 e. The summed E-state index contributed by atoms with van der Waals surface area (Å²) < 4.78 is 73.8. The number of carboxylic acid groups (broad SMARTS) is 1. The van der Waals surface area contributed by atoms with E-state index in [1.165, 1.54) is 4.57 Å². The molecular formula is C29H23ClF5N3O3. The molecule has 0 radical (unpaired) electrons. The van der Waals surface area contributed by atoms with Gasteiger partial charge in [0.1, 0.15) is 11.5 Å². The molecule has 3 aromatic carbocycles. The molecule has 0 unspecified atom stereocenters. The largest absolute Gasteiger partial charge is 0.478 e. The second-order valence-electron chi connectivity index (χ2n) is 9.97. The highest BCUT2D eigenvalue weighted by molar-refractivity contribution is 6.30. The number of amides is 1. The van der Waals surface area contributed by atoms with Crippen molar-refractivity contribution in [1.82, 2.24) is 9.55 Å². The van der Waals surface area contributed by atoms with Crippen molar-refractivity contribution in [3.63, 3.8) is 0 Å². The number of benzene rings is 3. The van der Waals surface area contributed by atoms with E-state index in [1.54, 1.807) is 24.3 Å². The van der Waals surface area contributed by atoms with Crippen molar-refractivity contribution in [3.8, 4) is 11.4 Å². The van der Waals surface area contributed by atoms with E-state index < -0.39 is 52.2 Å². The number of alkyl halides is 3. The van der Waals surface area contributed by atoms with E-state index in [9.17, 15) is 36.6 Å². The van der Waals surface area contributed by atoms with Gasteiger partial charge in [-0.1, -0.05) is 18.0 Å². The monoisotopic (exact) mass is 591 g/mol. The minimum absolute atomic E-state index is 0.0413. The second kappa shape index (κ2) is 10.4. The molecule has 1 heterocycles. The quantitative estimate of drug-likeness (QED) is 0.239. The summed E-state index contributed by atoms with van der Waals surface area (Å²) in [5, 5.41) is 9.78. The van der Waals surface area contributed by atoms with E-state index in [0.29, 0.717) is 29.5 Å². The molecule has 1 amide bonds. The fourth-order valence-corrected chi connectivity index (χ4v) is 5.86. The Hall–Kier alpha value is -3.99. The molecule has 1 aliphatic rings. The predicted molar refractivity (Wildman–Crippen MR) is 143 cm³/mol. The van der Waals surface area contributed by atoms with Crippen LogP contribution in [0.25, 0.3) is 22.4 Å². The van der Waals surface area contributed by atoms with Crippen LogP contribution >= 0.6 is 11.6 Å². The molecule has 1 N–H and O–H groups in total. The maximum atomic E-state index is 14.7. The third-order valence-corrected chi connectivity index (χ3v) is 7.64. The zero-order chi connectivity index (χ0) is 29.7. The predicted octanol–water partition coefficient (Wildman–Crippen LogP) is 8.02. The first-order valence-corrected chi connectivity index (χ1v) is 13.1. The summed E-state index contributed by atoms with van der Waals surface area (Å²) >= 11 is 6.07. The van der Waals surface area contributed by atoms with Gasteiger partial charge in [0.15, 0.2) is 11.6 Å². The highest BCUT2D eigenvalue weighted by atomic mass is 35.5. The Morgan fingerprint density at radius 2 is 1.61 bits per heavy atom. The molecule has 6 nitrogen and oxygen atoms in total. The van der Waals surface area contributed by atoms with Crippen LogP contribution in [-0.4, -0.2) is 26.5 Å². The summed E-state index contributed by atoms with van der Waals surface area (Å²) in [6.07, 6.45) is -2.96. The van der Waals surface area contributed by atoms with E-state index in [0.717, 1.165) is 42.5 Å². The number of hydrogen-bond acceptors (Lipinski definition) is 3. The van der Waals surface area contributed by atoms with Crippen LogP contribution in [0, 0.1) is 11.6 Å². The number of carboxylic acids is 1. The lowest BCUT2D eigenvalue weighted by Crippen LogP contribution is -2.55. The molecule has 41 heavy (non-hydrogen) atoms. The third-order valence-electron chi connectivity index (χ3n) is 7.39. The SMILES string of the molecule is CC(=O)N(c1ccc(C(=O)O)cc1C(F)(F)F)C1(n2c(-c3ccc(Cl)cc3)nc3cc(F)c(F)cc32)CCCCC1. The van der Waals surface area contributed by atoms with Crippen molar-refractivity contribution in [2.45, 2.75) is 50.9 Å². The zero-order valence-electron chi connectivity index (χ0n) is 21.6. The summed E-state index contributed by atoms with van der Waals surface area (Å²) in [5.74, 6) is -4.50. The van der Waals surface area contributed by atoms with Crippen LogP contribution in [0.3, 0.4) is 0 Å². The van der Waals surface area contributed by atoms with Gasteiger partial charge in [-0.25, -0.2) is 18.6 Å². The Balaban J connectivity index is 1.89. The number of nitrogens with zero attached hydrogens (tertiary/aromatic N) is 3. The summed E-state index contributed by atoms with van der Waals surface area (Å²) in [6.45, 7) is 1.11. The van der Waals surface area contributed by atoms with Gasteiger partial charge in [-0.05, 0) is 68.1 Å². The molecule has 1 aromatic heterocycles. The molecule has 1 saturated carbocycles. The first kappa shape index (κ1) is 28.5. The third kappa shape index (κ3) is 5.03. The van der Waals surface area contributed by atoms with Gasteiger partial charge in [-0.3, -0.25) is 14.3 Å². The Bertz CT molecular complexity index is 1660. The topological polar surface area (TPSA) is 75.4 Å². The summed E-state index contributed by atoms with van der Waals surface area (Å²) in [4.78, 5) is 30.5. The number of aromatic nitrogens is 2. The fourth-order valence-electron chi connectivity index (χ4n) is 5.73. The molecular weight excluding hydrogens is 569 g/mol. The highest BCUT2D eigenvalue weighted by Crippen LogP contribution is 2.48. The van der Waals surface area contributed by atoms with Crippen molar-refractivity contribution >= 4 is 40.2 Å². The fraction of sp³-hybridized carbons (Fsp3) is 0.276. The van der Waals surface area contributed by atoms with Crippen molar-refractivity contribution in [1.29, 1.82) is 0 Å². The maximum absolute atomic E-state index is 14.7. The molecule has 12 heteroatoms. The Morgan fingerprint density at radius 1 is 0.976 bits per heavy atom. The number of carbonyl (C=O) groups excluding carboxylic acids is 1. The Morgan fingerprint density at radius 3 is 2.20 bits per heavy atom. The van der Waals surface area contributed by atoms with Crippen LogP contribution in [-0.2, 0) is 16.6 Å². The number of aromatic carboxylic acids is 1. The average Bonchev–Trinajstić information content (AvgIpc) is 3.27. The molecule has 4 aromatic rings. The van der Waals surface area contributed by atoms with Gasteiger partial charge in [-0.15, -0.1) is 0 Å². The molecule has 214 valence electrons. The molecule has 5 rings (SSSR count). The van der Waals surface area contributed by atoms with E-state index in [2.05, 4.69) is 4.98 Å². The molecule has 1 fully saturated rings. The van der Waals surface area contributed by atoms with Crippen molar-refractivity contribution in [2.24, 2.45) is 0 Å². The maximum Gasteiger partial charge on any atom is 0.418 e. The number of imidazole rings is 1. The number of rotatable bonds is 5. The van der Waals surface area contributed by atoms with Crippen LogP contribution < -0.4 is 4.90 Å². The molecule has 0 atom stereocenters. The van der Waals surface area contributed by atoms with Crippen molar-refractivity contribution in [3.05, 3.63) is 82.4 Å². The molecule has 0 spiro atoms. The van der Waals surface area contributed by atoms with E-state index in [-0.39, 0.29) is 29.7 Å². The lowest BCUT2D eigenvalue weighted by Gasteiger charge is -2.48. The van der Waals surface area contributed by atoms with E-state index >= 15 is 0 Å². The van der Waals surface area contributed by atoms with Crippen molar-refractivity contribution in [2.75, 3.05) is 4.90 Å². The zero-order valence-corrected chi connectivity index (χ0v) is 22.4. The summed E-state index contributed by atoms with van der Waals surface area (Å²) in [6, 6.07) is 10.7. The molecule has 1 aliphatic carbocycles. The first-order chi connectivity index (χ1) is 19.3. The molecule has 0 bridgehead atoms. The minimum Gasteiger partial charge on any atom is -0.478 e. The van der Waals surface area contributed by atoms with Gasteiger partial charge in [0.25, 0.3) is 0 Å².